The van der Waals surface area contributed by atoms with Gasteiger partial charge >= 0.3 is 5.97 Å². The lowest BCUT2D eigenvalue weighted by atomic mass is 10.1. The molecule has 1 aliphatic rings. The minimum Gasteiger partial charge on any atom is -0.459 e. The van der Waals surface area contributed by atoms with E-state index in [1.54, 1.807) is 42.5 Å². The minimum atomic E-state index is -1.04. The van der Waals surface area contributed by atoms with Crippen molar-refractivity contribution in [3.8, 4) is 0 Å². The highest BCUT2D eigenvalue weighted by atomic mass is 79.9. The standard InChI is InChI=1S/C18H15BrCl2O4/c19-11-18(15-7-6-13(20)8-16(15)21)24-10-14(25-18)9-23-17(22)12-4-2-1-3-5-12/h1-8,14H,9-11H2/t14-,18-/m0/s1. The van der Waals surface area contributed by atoms with Crippen LogP contribution in [0.3, 0.4) is 0 Å². The fourth-order valence-corrected chi connectivity index (χ4v) is 3.70. The lowest BCUT2D eigenvalue weighted by Gasteiger charge is -2.27. The SMILES string of the molecule is O=C(OC[C@H]1CO[C@](CBr)(c2ccc(Cl)cc2Cl)O1)c1ccccc1. The highest BCUT2D eigenvalue weighted by Gasteiger charge is 2.44. The maximum Gasteiger partial charge on any atom is 0.338 e. The van der Waals surface area contributed by atoms with Crippen LogP contribution in [0.1, 0.15) is 15.9 Å². The van der Waals surface area contributed by atoms with E-state index in [0.29, 0.717) is 26.5 Å². The number of carbonyl (C=O) groups excluding carboxylic acids is 1. The summed E-state index contributed by atoms with van der Waals surface area (Å²) >= 11 is 15.6. The number of esters is 1. The number of alkyl halides is 1. The third kappa shape index (κ3) is 4.18. The van der Waals surface area contributed by atoms with E-state index in [9.17, 15) is 4.79 Å². The molecular weight excluding hydrogens is 431 g/mol. The monoisotopic (exact) mass is 444 g/mol. The van der Waals surface area contributed by atoms with Crippen LogP contribution in [-0.2, 0) is 20.0 Å². The molecule has 3 rings (SSSR count). The zero-order chi connectivity index (χ0) is 17.9. The number of hydrogen-bond acceptors (Lipinski definition) is 4. The van der Waals surface area contributed by atoms with Gasteiger partial charge in [-0.05, 0) is 24.3 Å². The van der Waals surface area contributed by atoms with E-state index in [1.807, 2.05) is 6.07 Å². The van der Waals surface area contributed by atoms with E-state index in [4.69, 9.17) is 37.4 Å². The van der Waals surface area contributed by atoms with Gasteiger partial charge in [-0.25, -0.2) is 4.79 Å². The Balaban J connectivity index is 1.66. The van der Waals surface area contributed by atoms with Crippen LogP contribution in [0, 0.1) is 0 Å². The highest BCUT2D eigenvalue weighted by Crippen LogP contribution is 2.40. The summed E-state index contributed by atoms with van der Waals surface area (Å²) in [6.45, 7) is 0.375. The van der Waals surface area contributed by atoms with Gasteiger partial charge in [0, 0.05) is 10.6 Å². The van der Waals surface area contributed by atoms with Gasteiger partial charge in [0.2, 0.25) is 5.79 Å². The molecule has 0 amide bonds. The zero-order valence-electron chi connectivity index (χ0n) is 13.1. The first kappa shape index (κ1) is 18.7. The third-order valence-corrected chi connectivity index (χ3v) is 5.07. The van der Waals surface area contributed by atoms with Crippen molar-refractivity contribution in [2.75, 3.05) is 18.5 Å². The molecule has 0 aromatic heterocycles. The van der Waals surface area contributed by atoms with Gasteiger partial charge < -0.3 is 14.2 Å². The predicted octanol–water partition coefficient (Wildman–Crippen LogP) is 4.81. The van der Waals surface area contributed by atoms with E-state index in [0.717, 1.165) is 0 Å². The fraction of sp³-hybridized carbons (Fsp3) is 0.278. The molecule has 2 atom stereocenters. The normalized spacial score (nSPS) is 22.8. The summed E-state index contributed by atoms with van der Waals surface area (Å²) in [4.78, 5) is 12.0. The van der Waals surface area contributed by atoms with Gasteiger partial charge in [0.15, 0.2) is 0 Å². The molecule has 1 saturated heterocycles. The number of carbonyl (C=O) groups is 1. The number of rotatable bonds is 5. The summed E-state index contributed by atoms with van der Waals surface area (Å²) in [5.41, 5.74) is 1.17. The Bertz CT molecular complexity index is 756. The topological polar surface area (TPSA) is 44.8 Å². The maximum atomic E-state index is 12.0. The molecule has 2 aromatic carbocycles. The van der Waals surface area contributed by atoms with Crippen molar-refractivity contribution < 1.29 is 19.0 Å². The zero-order valence-corrected chi connectivity index (χ0v) is 16.2. The molecule has 0 bridgehead atoms. The van der Waals surface area contributed by atoms with Crippen LogP contribution in [-0.4, -0.2) is 30.6 Å². The highest BCUT2D eigenvalue weighted by molar-refractivity contribution is 9.09. The Morgan fingerprint density at radius 2 is 2.00 bits per heavy atom. The molecule has 1 heterocycles. The first-order valence-corrected chi connectivity index (χ1v) is 9.47. The molecule has 0 saturated carbocycles. The van der Waals surface area contributed by atoms with Gasteiger partial charge in [-0.1, -0.05) is 63.4 Å². The molecule has 7 heteroatoms. The minimum absolute atomic E-state index is 0.0910. The lowest BCUT2D eigenvalue weighted by molar-refractivity contribution is -0.160. The van der Waals surface area contributed by atoms with Gasteiger partial charge in [-0.2, -0.15) is 0 Å². The second-order valence-corrected chi connectivity index (χ2v) is 6.93. The van der Waals surface area contributed by atoms with Crippen LogP contribution >= 0.6 is 39.1 Å². The van der Waals surface area contributed by atoms with Crippen LogP contribution in [0.4, 0.5) is 0 Å². The Hall–Kier alpha value is -1.11. The summed E-state index contributed by atoms with van der Waals surface area (Å²) in [6, 6.07) is 13.9. The van der Waals surface area contributed by atoms with Gasteiger partial charge in [-0.15, -0.1) is 0 Å². The Kier molecular flexibility index (Phi) is 6.02. The van der Waals surface area contributed by atoms with E-state index in [2.05, 4.69) is 15.9 Å². The van der Waals surface area contributed by atoms with Crippen molar-refractivity contribution in [3.05, 3.63) is 69.7 Å². The maximum absolute atomic E-state index is 12.0. The summed E-state index contributed by atoms with van der Waals surface area (Å²) < 4.78 is 17.2. The molecular formula is C18H15BrCl2O4. The predicted molar refractivity (Wildman–Crippen MR) is 99.5 cm³/mol. The van der Waals surface area contributed by atoms with Crippen LogP contribution in [0.5, 0.6) is 0 Å². The van der Waals surface area contributed by atoms with Crippen LogP contribution in [0.25, 0.3) is 0 Å². The van der Waals surface area contributed by atoms with Gasteiger partial charge in [0.05, 0.1) is 22.5 Å². The first-order chi connectivity index (χ1) is 12.0. The van der Waals surface area contributed by atoms with Crippen molar-refractivity contribution >= 4 is 45.1 Å². The molecule has 4 nitrogen and oxygen atoms in total. The third-order valence-electron chi connectivity index (χ3n) is 3.79. The van der Waals surface area contributed by atoms with Crippen molar-refractivity contribution in [1.82, 2.24) is 0 Å². The van der Waals surface area contributed by atoms with Gasteiger partial charge in [-0.3, -0.25) is 0 Å². The number of halogens is 3. The van der Waals surface area contributed by atoms with Crippen molar-refractivity contribution in [3.63, 3.8) is 0 Å². The summed E-state index contributed by atoms with van der Waals surface area (Å²) in [5, 5.41) is 1.36. The summed E-state index contributed by atoms with van der Waals surface area (Å²) in [7, 11) is 0. The molecule has 0 aliphatic carbocycles. The molecule has 1 aliphatic heterocycles. The average Bonchev–Trinajstić information content (AvgIpc) is 3.05. The number of ether oxygens (including phenoxy) is 3. The Morgan fingerprint density at radius 1 is 1.24 bits per heavy atom. The fourth-order valence-electron chi connectivity index (χ4n) is 2.55. The molecule has 1 fully saturated rings. The van der Waals surface area contributed by atoms with Crippen molar-refractivity contribution in [1.29, 1.82) is 0 Å². The second kappa shape index (κ2) is 8.06. The Morgan fingerprint density at radius 3 is 2.68 bits per heavy atom. The Labute approximate surface area is 164 Å². The number of hydrogen-bond donors (Lipinski definition) is 0. The lowest BCUT2D eigenvalue weighted by Crippen LogP contribution is -2.31. The van der Waals surface area contributed by atoms with Crippen molar-refractivity contribution in [2.45, 2.75) is 11.9 Å². The van der Waals surface area contributed by atoms with Crippen LogP contribution in [0.15, 0.2) is 48.5 Å². The van der Waals surface area contributed by atoms with E-state index in [-0.39, 0.29) is 13.2 Å². The quantitative estimate of drug-likeness (QED) is 0.489. The molecule has 2 aromatic rings. The largest absolute Gasteiger partial charge is 0.459 e. The van der Waals surface area contributed by atoms with Crippen LogP contribution < -0.4 is 0 Å². The van der Waals surface area contributed by atoms with E-state index >= 15 is 0 Å². The van der Waals surface area contributed by atoms with E-state index in [1.165, 1.54) is 0 Å². The summed E-state index contributed by atoms with van der Waals surface area (Å²) in [6.07, 6.45) is -0.392. The smallest absolute Gasteiger partial charge is 0.338 e. The van der Waals surface area contributed by atoms with Gasteiger partial charge in [0.25, 0.3) is 0 Å². The molecule has 132 valence electrons. The van der Waals surface area contributed by atoms with Gasteiger partial charge in [0.1, 0.15) is 12.7 Å². The molecule has 0 N–H and O–H groups in total. The molecule has 0 radical (unpaired) electrons. The second-order valence-electron chi connectivity index (χ2n) is 5.53. The molecule has 0 unspecified atom stereocenters. The first-order valence-electron chi connectivity index (χ1n) is 7.59. The van der Waals surface area contributed by atoms with Crippen molar-refractivity contribution in [2.24, 2.45) is 0 Å². The van der Waals surface area contributed by atoms with E-state index < -0.39 is 17.9 Å². The molecule has 0 spiro atoms. The van der Waals surface area contributed by atoms with Crippen LogP contribution in [0.2, 0.25) is 10.0 Å². The average molecular weight is 446 g/mol. The summed E-state index contributed by atoms with van der Waals surface area (Å²) in [5.74, 6) is -1.43. The number of benzene rings is 2. The molecule has 25 heavy (non-hydrogen) atoms.